The number of aryl methyl sites for hydroxylation is 2. The van der Waals surface area contributed by atoms with Gasteiger partial charge in [0.15, 0.2) is 0 Å². The second kappa shape index (κ2) is 6.84. The molecule has 24 heavy (non-hydrogen) atoms. The number of hydrogen-bond acceptors (Lipinski definition) is 3. The molecule has 6 heteroatoms. The van der Waals surface area contributed by atoms with Crippen LogP contribution < -0.4 is 5.32 Å². The lowest BCUT2D eigenvalue weighted by atomic mass is 10.1. The summed E-state index contributed by atoms with van der Waals surface area (Å²) in [6.07, 6.45) is 1.62. The highest BCUT2D eigenvalue weighted by Crippen LogP contribution is 2.22. The molecule has 0 saturated carbocycles. The fraction of sp³-hybridized carbons (Fsp3) is 0.167. The first-order valence-electron chi connectivity index (χ1n) is 7.55. The van der Waals surface area contributed by atoms with Crippen molar-refractivity contribution in [1.29, 1.82) is 0 Å². The summed E-state index contributed by atoms with van der Waals surface area (Å²) in [5.74, 6) is 0.163. The Morgan fingerprint density at radius 2 is 1.92 bits per heavy atom. The highest BCUT2D eigenvalue weighted by molar-refractivity contribution is 6.33. The van der Waals surface area contributed by atoms with Crippen LogP contribution in [0, 0.1) is 13.8 Å². The highest BCUT2D eigenvalue weighted by atomic mass is 35.5. The molecule has 0 radical (unpaired) electrons. The van der Waals surface area contributed by atoms with Gasteiger partial charge in [-0.2, -0.15) is 5.10 Å². The van der Waals surface area contributed by atoms with Gasteiger partial charge in [-0.15, -0.1) is 0 Å². The molecule has 3 aromatic rings. The van der Waals surface area contributed by atoms with Gasteiger partial charge in [0, 0.05) is 6.20 Å². The molecule has 0 aliphatic carbocycles. The predicted octanol–water partition coefficient (Wildman–Crippen LogP) is 3.85. The van der Waals surface area contributed by atoms with Gasteiger partial charge < -0.3 is 5.32 Å². The highest BCUT2D eigenvalue weighted by Gasteiger charge is 2.20. The molecular weight excluding hydrogens is 324 g/mol. The summed E-state index contributed by atoms with van der Waals surface area (Å²) >= 11 is 6.39. The predicted molar refractivity (Wildman–Crippen MR) is 94.4 cm³/mol. The van der Waals surface area contributed by atoms with Crippen molar-refractivity contribution in [3.05, 3.63) is 76.2 Å². The second-order valence-corrected chi connectivity index (χ2v) is 5.92. The normalized spacial score (nSPS) is 10.6. The zero-order chi connectivity index (χ0) is 17.1. The molecule has 0 aliphatic heterocycles. The molecule has 1 amide bonds. The summed E-state index contributed by atoms with van der Waals surface area (Å²) in [6, 6.07) is 13.4. The maximum Gasteiger partial charge on any atom is 0.261 e. The van der Waals surface area contributed by atoms with Crippen LogP contribution in [0.1, 0.15) is 27.2 Å². The molecule has 0 spiro atoms. The summed E-state index contributed by atoms with van der Waals surface area (Å²) < 4.78 is 1.63. The SMILES string of the molecule is Cc1ccc(Cn2nc(C)c(C(=O)Nc3ccccn3)c2Cl)cc1. The van der Waals surface area contributed by atoms with Crippen LogP contribution in [0.2, 0.25) is 5.15 Å². The molecule has 122 valence electrons. The van der Waals surface area contributed by atoms with Crippen LogP contribution in [-0.4, -0.2) is 20.7 Å². The van der Waals surface area contributed by atoms with E-state index < -0.39 is 0 Å². The molecule has 2 aromatic heterocycles. The summed E-state index contributed by atoms with van der Waals surface area (Å²) in [5.41, 5.74) is 3.22. The van der Waals surface area contributed by atoms with Crippen LogP contribution in [-0.2, 0) is 6.54 Å². The first-order chi connectivity index (χ1) is 11.5. The first kappa shape index (κ1) is 16.2. The van der Waals surface area contributed by atoms with Gasteiger partial charge in [-0.1, -0.05) is 47.5 Å². The quantitative estimate of drug-likeness (QED) is 0.784. The first-order valence-corrected chi connectivity index (χ1v) is 7.93. The Bertz CT molecular complexity index is 857. The molecule has 2 heterocycles. The van der Waals surface area contributed by atoms with E-state index in [2.05, 4.69) is 15.4 Å². The summed E-state index contributed by atoms with van der Waals surface area (Å²) in [5, 5.41) is 7.45. The van der Waals surface area contributed by atoms with E-state index in [0.29, 0.717) is 28.8 Å². The third kappa shape index (κ3) is 3.46. The molecule has 5 nitrogen and oxygen atoms in total. The number of hydrogen-bond donors (Lipinski definition) is 1. The van der Waals surface area contributed by atoms with E-state index in [9.17, 15) is 4.79 Å². The van der Waals surface area contributed by atoms with Crippen LogP contribution in [0.5, 0.6) is 0 Å². The van der Waals surface area contributed by atoms with Crippen LogP contribution in [0.15, 0.2) is 48.7 Å². The molecule has 3 rings (SSSR count). The van der Waals surface area contributed by atoms with Crippen LogP contribution >= 0.6 is 11.6 Å². The number of amides is 1. The zero-order valence-corrected chi connectivity index (χ0v) is 14.2. The zero-order valence-electron chi connectivity index (χ0n) is 13.5. The molecule has 0 atom stereocenters. The minimum absolute atomic E-state index is 0.314. The molecule has 0 saturated heterocycles. The maximum absolute atomic E-state index is 12.5. The molecule has 0 aliphatic rings. The molecule has 0 fully saturated rings. The number of aromatic nitrogens is 3. The molecular formula is C18H17ClN4O. The summed E-state index contributed by atoms with van der Waals surface area (Å²) in [7, 11) is 0. The monoisotopic (exact) mass is 340 g/mol. The number of rotatable bonds is 4. The number of nitrogens with zero attached hydrogens (tertiary/aromatic N) is 3. The van der Waals surface area contributed by atoms with E-state index in [1.54, 1.807) is 36.0 Å². The third-order valence-corrected chi connectivity index (χ3v) is 4.04. The number of anilines is 1. The van der Waals surface area contributed by atoms with E-state index >= 15 is 0 Å². The Morgan fingerprint density at radius 1 is 1.17 bits per heavy atom. The van der Waals surface area contributed by atoms with Gasteiger partial charge in [0.2, 0.25) is 0 Å². The smallest absolute Gasteiger partial charge is 0.261 e. The van der Waals surface area contributed by atoms with Crippen molar-refractivity contribution in [3.8, 4) is 0 Å². The van der Waals surface area contributed by atoms with E-state index in [4.69, 9.17) is 11.6 Å². The van der Waals surface area contributed by atoms with Gasteiger partial charge in [-0.05, 0) is 31.5 Å². The van der Waals surface area contributed by atoms with Gasteiger partial charge in [-0.25, -0.2) is 9.67 Å². The Balaban J connectivity index is 1.83. The van der Waals surface area contributed by atoms with Crippen LogP contribution in [0.4, 0.5) is 5.82 Å². The van der Waals surface area contributed by atoms with Crippen molar-refractivity contribution >= 4 is 23.3 Å². The Morgan fingerprint density at radius 3 is 2.58 bits per heavy atom. The molecule has 1 N–H and O–H groups in total. The van der Waals surface area contributed by atoms with Crippen molar-refractivity contribution in [2.75, 3.05) is 5.32 Å². The fourth-order valence-electron chi connectivity index (χ4n) is 2.40. The van der Waals surface area contributed by atoms with Gasteiger partial charge in [0.05, 0.1) is 17.8 Å². The largest absolute Gasteiger partial charge is 0.306 e. The lowest BCUT2D eigenvalue weighted by Gasteiger charge is -2.05. The standard InChI is InChI=1S/C18H17ClN4O/c1-12-6-8-14(9-7-12)11-23-17(19)16(13(2)22-23)18(24)21-15-5-3-4-10-20-15/h3-10H,11H2,1-2H3,(H,20,21,24). The number of benzene rings is 1. The minimum Gasteiger partial charge on any atom is -0.306 e. The number of carbonyl (C=O) groups is 1. The van der Waals surface area contributed by atoms with Crippen molar-refractivity contribution in [2.45, 2.75) is 20.4 Å². The van der Waals surface area contributed by atoms with Gasteiger partial charge in [0.1, 0.15) is 11.0 Å². The summed E-state index contributed by atoms with van der Waals surface area (Å²) in [6.45, 7) is 4.32. The fourth-order valence-corrected chi connectivity index (χ4v) is 2.72. The van der Waals surface area contributed by atoms with E-state index in [-0.39, 0.29) is 5.91 Å². The number of nitrogens with one attached hydrogen (secondary N) is 1. The van der Waals surface area contributed by atoms with Gasteiger partial charge in [0.25, 0.3) is 5.91 Å². The topological polar surface area (TPSA) is 59.8 Å². The average Bonchev–Trinajstić information content (AvgIpc) is 2.84. The van der Waals surface area contributed by atoms with Crippen LogP contribution in [0.25, 0.3) is 0 Å². The van der Waals surface area contributed by atoms with Crippen molar-refractivity contribution in [2.24, 2.45) is 0 Å². The molecule has 1 aromatic carbocycles. The van der Waals surface area contributed by atoms with E-state index in [1.165, 1.54) is 5.56 Å². The Kier molecular flexibility index (Phi) is 4.62. The number of halogens is 1. The number of carbonyl (C=O) groups excluding carboxylic acids is 1. The molecule has 0 unspecified atom stereocenters. The van der Waals surface area contributed by atoms with Gasteiger partial charge in [-0.3, -0.25) is 4.79 Å². The maximum atomic E-state index is 12.5. The average molecular weight is 341 g/mol. The van der Waals surface area contributed by atoms with Crippen LogP contribution in [0.3, 0.4) is 0 Å². The van der Waals surface area contributed by atoms with Gasteiger partial charge >= 0.3 is 0 Å². The minimum atomic E-state index is -0.314. The van der Waals surface area contributed by atoms with E-state index in [0.717, 1.165) is 5.56 Å². The lowest BCUT2D eigenvalue weighted by molar-refractivity contribution is 0.102. The number of pyridine rings is 1. The Hall–Kier alpha value is -2.66. The summed E-state index contributed by atoms with van der Waals surface area (Å²) in [4.78, 5) is 16.6. The second-order valence-electron chi connectivity index (χ2n) is 5.56. The van der Waals surface area contributed by atoms with Crippen molar-refractivity contribution < 1.29 is 4.79 Å². The molecule has 0 bridgehead atoms. The van der Waals surface area contributed by atoms with Crippen molar-refractivity contribution in [3.63, 3.8) is 0 Å². The lowest BCUT2D eigenvalue weighted by Crippen LogP contribution is -2.14. The van der Waals surface area contributed by atoms with E-state index in [1.807, 2.05) is 31.2 Å². The van der Waals surface area contributed by atoms with Crippen molar-refractivity contribution in [1.82, 2.24) is 14.8 Å². The Labute approximate surface area is 145 Å². The third-order valence-electron chi connectivity index (χ3n) is 3.65.